The number of nitrogens with zero attached hydrogens (tertiary/aromatic N) is 6. The van der Waals surface area contributed by atoms with E-state index in [1.807, 2.05) is 12.1 Å². The van der Waals surface area contributed by atoms with Gasteiger partial charge in [0, 0.05) is 43.3 Å². The molecule has 1 unspecified atom stereocenters. The predicted molar refractivity (Wildman–Crippen MR) is 111 cm³/mol. The van der Waals surface area contributed by atoms with Crippen molar-refractivity contribution in [1.29, 1.82) is 0 Å². The van der Waals surface area contributed by atoms with Gasteiger partial charge in [0.25, 0.3) is 5.69 Å². The molecule has 1 aromatic carbocycles. The van der Waals surface area contributed by atoms with E-state index in [-0.39, 0.29) is 17.5 Å². The number of aryl methyl sites for hydroxylation is 1. The highest BCUT2D eigenvalue weighted by Gasteiger charge is 2.27. The smallest absolute Gasteiger partial charge is 0.269 e. The molecule has 1 saturated heterocycles. The molecular weight excluding hydrogens is 386 g/mol. The molecule has 1 atom stereocenters. The van der Waals surface area contributed by atoms with Gasteiger partial charge in [-0.1, -0.05) is 0 Å². The number of piperidine rings is 1. The van der Waals surface area contributed by atoms with E-state index in [1.165, 1.54) is 12.1 Å². The summed E-state index contributed by atoms with van der Waals surface area (Å²) in [6.07, 6.45) is 6.77. The van der Waals surface area contributed by atoms with Crippen LogP contribution in [0.5, 0.6) is 0 Å². The fourth-order valence-electron chi connectivity index (χ4n) is 3.55. The highest BCUT2D eigenvalue weighted by Crippen LogP contribution is 2.25. The Morgan fingerprint density at radius 1 is 1.23 bits per heavy atom. The largest absolute Gasteiger partial charge is 0.354 e. The minimum atomic E-state index is -0.448. The number of hydrogen-bond donors (Lipinski definition) is 1. The van der Waals surface area contributed by atoms with Crippen LogP contribution in [0.1, 0.15) is 18.4 Å². The molecule has 1 aliphatic heterocycles. The molecule has 10 nitrogen and oxygen atoms in total. The van der Waals surface area contributed by atoms with E-state index in [0.29, 0.717) is 23.6 Å². The lowest BCUT2D eigenvalue weighted by Gasteiger charge is -2.32. The number of nitrogens with one attached hydrogen (secondary N) is 1. The first-order valence-corrected chi connectivity index (χ1v) is 9.64. The van der Waals surface area contributed by atoms with Crippen LogP contribution in [0.25, 0.3) is 5.82 Å². The normalized spacial score (nSPS) is 16.3. The third-order valence-corrected chi connectivity index (χ3v) is 5.20. The lowest BCUT2D eigenvalue weighted by molar-refractivity contribution is -0.384. The molecule has 3 aromatic rings. The minimum absolute atomic E-state index is 0.00653. The summed E-state index contributed by atoms with van der Waals surface area (Å²) in [5.74, 6) is 1.10. The maximum Gasteiger partial charge on any atom is 0.269 e. The van der Waals surface area contributed by atoms with Gasteiger partial charge in [0.2, 0.25) is 5.91 Å². The Morgan fingerprint density at radius 3 is 2.70 bits per heavy atom. The average molecular weight is 407 g/mol. The van der Waals surface area contributed by atoms with Crippen molar-refractivity contribution in [2.45, 2.75) is 19.8 Å². The number of hydrogen-bond acceptors (Lipinski definition) is 7. The van der Waals surface area contributed by atoms with Gasteiger partial charge in [0.15, 0.2) is 11.6 Å². The summed E-state index contributed by atoms with van der Waals surface area (Å²) < 4.78 is 1.77. The Hall–Kier alpha value is -3.82. The first-order valence-electron chi connectivity index (χ1n) is 9.64. The van der Waals surface area contributed by atoms with Crippen LogP contribution in [0.4, 0.5) is 17.2 Å². The van der Waals surface area contributed by atoms with Gasteiger partial charge >= 0.3 is 0 Å². The predicted octanol–water partition coefficient (Wildman–Crippen LogP) is 2.73. The van der Waals surface area contributed by atoms with Crippen LogP contribution in [0, 0.1) is 23.0 Å². The van der Waals surface area contributed by atoms with Crippen molar-refractivity contribution in [3.05, 3.63) is 64.7 Å². The molecule has 30 heavy (non-hydrogen) atoms. The topological polar surface area (TPSA) is 119 Å². The number of benzene rings is 1. The van der Waals surface area contributed by atoms with Gasteiger partial charge < -0.3 is 10.2 Å². The molecule has 10 heteroatoms. The standard InChI is InChI=1S/C20H21N7O3/c1-14-11-16(27(29)30)4-5-17(14)22-20(28)15-3-2-9-25(12-15)18-6-7-19(24-23-18)26-10-8-21-13-26/h4-8,10-11,13,15H,2-3,9,12H2,1H3,(H,22,28). The maximum absolute atomic E-state index is 12.8. The van der Waals surface area contributed by atoms with Crippen LogP contribution in [-0.2, 0) is 4.79 Å². The summed E-state index contributed by atoms with van der Waals surface area (Å²) in [7, 11) is 0. The molecule has 0 bridgehead atoms. The van der Waals surface area contributed by atoms with Gasteiger partial charge in [-0.15, -0.1) is 10.2 Å². The number of amides is 1. The minimum Gasteiger partial charge on any atom is -0.354 e. The number of nitro groups is 1. The lowest BCUT2D eigenvalue weighted by Crippen LogP contribution is -2.41. The monoisotopic (exact) mass is 407 g/mol. The Morgan fingerprint density at radius 2 is 2.03 bits per heavy atom. The van der Waals surface area contributed by atoms with Crippen LogP contribution in [0.3, 0.4) is 0 Å². The SMILES string of the molecule is Cc1cc([N+](=O)[O-])ccc1NC(=O)C1CCCN(c2ccc(-n3ccnc3)nn2)C1. The van der Waals surface area contributed by atoms with E-state index in [0.717, 1.165) is 25.2 Å². The molecule has 4 rings (SSSR count). The number of imidazole rings is 1. The molecule has 154 valence electrons. The third kappa shape index (κ3) is 4.12. The van der Waals surface area contributed by atoms with E-state index in [2.05, 4.69) is 25.4 Å². The van der Waals surface area contributed by atoms with Gasteiger partial charge in [0.05, 0.1) is 10.8 Å². The quantitative estimate of drug-likeness (QED) is 0.510. The molecule has 1 N–H and O–H groups in total. The number of anilines is 2. The first-order chi connectivity index (χ1) is 14.5. The summed E-state index contributed by atoms with van der Waals surface area (Å²) in [5.41, 5.74) is 1.26. The molecule has 2 aromatic heterocycles. The Kier molecular flexibility index (Phi) is 5.38. The number of non-ortho nitro benzene ring substituents is 1. The molecule has 3 heterocycles. The van der Waals surface area contributed by atoms with E-state index in [1.54, 1.807) is 36.3 Å². The summed E-state index contributed by atoms with van der Waals surface area (Å²) in [6.45, 7) is 3.09. The van der Waals surface area contributed by atoms with Gasteiger partial charge in [-0.05, 0) is 43.5 Å². The van der Waals surface area contributed by atoms with E-state index < -0.39 is 4.92 Å². The average Bonchev–Trinajstić information content (AvgIpc) is 3.30. The van der Waals surface area contributed by atoms with E-state index >= 15 is 0 Å². The van der Waals surface area contributed by atoms with E-state index in [4.69, 9.17) is 0 Å². The molecule has 0 aliphatic carbocycles. The van der Waals surface area contributed by atoms with Crippen molar-refractivity contribution in [2.75, 3.05) is 23.3 Å². The number of rotatable bonds is 5. The van der Waals surface area contributed by atoms with Crippen LogP contribution in [0.2, 0.25) is 0 Å². The van der Waals surface area contributed by atoms with Crippen molar-refractivity contribution < 1.29 is 9.72 Å². The van der Waals surface area contributed by atoms with Gasteiger partial charge in [0.1, 0.15) is 6.33 Å². The van der Waals surface area contributed by atoms with Gasteiger partial charge in [-0.25, -0.2) is 4.98 Å². The lowest BCUT2D eigenvalue weighted by atomic mass is 9.97. The number of carbonyl (C=O) groups is 1. The van der Waals surface area contributed by atoms with Crippen molar-refractivity contribution in [3.63, 3.8) is 0 Å². The fourth-order valence-corrected chi connectivity index (χ4v) is 3.55. The molecule has 0 saturated carbocycles. The van der Waals surface area contributed by atoms with Crippen molar-refractivity contribution in [2.24, 2.45) is 5.92 Å². The number of aromatic nitrogens is 4. The summed E-state index contributed by atoms with van der Waals surface area (Å²) >= 11 is 0. The Balaban J connectivity index is 1.42. The molecule has 0 spiro atoms. The Bertz CT molecular complexity index is 1050. The second-order valence-electron chi connectivity index (χ2n) is 7.25. The summed E-state index contributed by atoms with van der Waals surface area (Å²) in [4.78, 5) is 29.3. The number of nitro benzene ring substituents is 1. The molecule has 1 amide bonds. The van der Waals surface area contributed by atoms with Crippen molar-refractivity contribution in [1.82, 2.24) is 19.7 Å². The number of carbonyl (C=O) groups excluding carboxylic acids is 1. The second kappa shape index (κ2) is 8.27. The third-order valence-electron chi connectivity index (χ3n) is 5.20. The molecule has 0 radical (unpaired) electrons. The van der Waals surface area contributed by atoms with E-state index in [9.17, 15) is 14.9 Å². The van der Waals surface area contributed by atoms with Crippen LogP contribution >= 0.6 is 0 Å². The molecule has 1 fully saturated rings. The fraction of sp³-hybridized carbons (Fsp3) is 0.300. The van der Waals surface area contributed by atoms with Crippen LogP contribution in [0.15, 0.2) is 49.1 Å². The second-order valence-corrected chi connectivity index (χ2v) is 7.25. The zero-order valence-electron chi connectivity index (χ0n) is 16.4. The Labute approximate surface area is 172 Å². The van der Waals surface area contributed by atoms with Crippen LogP contribution < -0.4 is 10.2 Å². The summed E-state index contributed by atoms with van der Waals surface area (Å²) in [6, 6.07) is 8.19. The highest BCUT2D eigenvalue weighted by atomic mass is 16.6. The van der Waals surface area contributed by atoms with Gasteiger partial charge in [-0.3, -0.25) is 19.5 Å². The van der Waals surface area contributed by atoms with Gasteiger partial charge in [-0.2, -0.15) is 0 Å². The zero-order chi connectivity index (χ0) is 21.1. The molecular formula is C20H21N7O3. The maximum atomic E-state index is 12.8. The molecule has 1 aliphatic rings. The first kappa shape index (κ1) is 19.5. The van der Waals surface area contributed by atoms with Crippen molar-refractivity contribution in [3.8, 4) is 5.82 Å². The highest BCUT2D eigenvalue weighted by molar-refractivity contribution is 5.93. The van der Waals surface area contributed by atoms with Crippen molar-refractivity contribution >= 4 is 23.1 Å². The zero-order valence-corrected chi connectivity index (χ0v) is 16.4. The van der Waals surface area contributed by atoms with Crippen LogP contribution in [-0.4, -0.2) is 43.7 Å². The summed E-state index contributed by atoms with van der Waals surface area (Å²) in [5, 5.41) is 22.4.